The van der Waals surface area contributed by atoms with Gasteiger partial charge in [-0.25, -0.2) is 0 Å². The molecule has 0 radical (unpaired) electrons. The number of nitrogens with one attached hydrogen (secondary N) is 1. The number of carbonyl (C=O) groups is 1. The maximum absolute atomic E-state index is 11.9. The lowest BCUT2D eigenvalue weighted by atomic mass is 9.64. The Morgan fingerprint density at radius 3 is 2.17 bits per heavy atom. The summed E-state index contributed by atoms with van der Waals surface area (Å²) in [6, 6.07) is -0.0718. The van der Waals surface area contributed by atoms with Crippen LogP contribution in [0.15, 0.2) is 0 Å². The first kappa shape index (κ1) is 17.7. The average molecular weight is 277 g/mol. The monoisotopic (exact) mass is 276 g/mol. The summed E-state index contributed by atoms with van der Waals surface area (Å²) in [4.78, 5) is 11.9. The minimum absolute atomic E-state index is 0. The zero-order valence-corrected chi connectivity index (χ0v) is 13.0. The number of hydrogen-bond acceptors (Lipinski definition) is 2. The van der Waals surface area contributed by atoms with E-state index in [1.807, 2.05) is 13.8 Å². The first-order valence-corrected chi connectivity index (χ1v) is 6.89. The minimum Gasteiger partial charge on any atom is -0.355 e. The lowest BCUT2D eigenvalue weighted by Crippen LogP contribution is -2.46. The van der Waals surface area contributed by atoms with Crippen LogP contribution in [0.2, 0.25) is 0 Å². The second-order valence-corrected chi connectivity index (χ2v) is 6.32. The fourth-order valence-electron chi connectivity index (χ4n) is 2.67. The summed E-state index contributed by atoms with van der Waals surface area (Å²) in [7, 11) is 0. The van der Waals surface area contributed by atoms with E-state index >= 15 is 0 Å². The summed E-state index contributed by atoms with van der Waals surface area (Å²) in [6.45, 7) is 9.13. The number of rotatable bonds is 6. The van der Waals surface area contributed by atoms with Gasteiger partial charge in [-0.2, -0.15) is 0 Å². The summed E-state index contributed by atoms with van der Waals surface area (Å²) >= 11 is 0. The van der Waals surface area contributed by atoms with Gasteiger partial charge in [-0.15, -0.1) is 12.4 Å². The van der Waals surface area contributed by atoms with Crippen molar-refractivity contribution < 1.29 is 4.79 Å². The molecule has 4 heteroatoms. The van der Waals surface area contributed by atoms with Gasteiger partial charge in [0.15, 0.2) is 0 Å². The van der Waals surface area contributed by atoms with Crippen LogP contribution in [0.1, 0.15) is 53.4 Å². The zero-order chi connectivity index (χ0) is 13.1. The molecule has 3 nitrogen and oxygen atoms in total. The molecule has 0 aliphatic heterocycles. The van der Waals surface area contributed by atoms with Crippen molar-refractivity contribution in [3.63, 3.8) is 0 Å². The van der Waals surface area contributed by atoms with Gasteiger partial charge >= 0.3 is 0 Å². The lowest BCUT2D eigenvalue weighted by molar-refractivity contribution is -0.126. The maximum atomic E-state index is 11.9. The molecule has 0 spiro atoms. The highest BCUT2D eigenvalue weighted by Gasteiger charge is 2.37. The Kier molecular flexibility index (Phi) is 7.23. The highest BCUT2D eigenvalue weighted by Crippen LogP contribution is 2.45. The van der Waals surface area contributed by atoms with E-state index in [-0.39, 0.29) is 30.3 Å². The van der Waals surface area contributed by atoms with E-state index in [1.165, 1.54) is 25.7 Å². The van der Waals surface area contributed by atoms with Crippen molar-refractivity contribution in [1.29, 1.82) is 0 Å². The third-order valence-electron chi connectivity index (χ3n) is 4.10. The van der Waals surface area contributed by atoms with E-state index in [4.69, 9.17) is 5.73 Å². The smallest absolute Gasteiger partial charge is 0.224 e. The molecular formula is C14H29ClN2O. The SMILES string of the molecule is CC(C)CC1(CNC(=O)C(C)C(C)N)CCC1.Cl. The molecule has 1 aliphatic rings. The zero-order valence-electron chi connectivity index (χ0n) is 12.2. The first-order chi connectivity index (χ1) is 7.86. The van der Waals surface area contributed by atoms with Gasteiger partial charge in [-0.3, -0.25) is 4.79 Å². The van der Waals surface area contributed by atoms with Crippen molar-refractivity contribution in [3.8, 4) is 0 Å². The third kappa shape index (κ3) is 4.77. The Bertz CT molecular complexity index is 263. The van der Waals surface area contributed by atoms with Gasteiger partial charge in [0.2, 0.25) is 5.91 Å². The molecule has 2 unspecified atom stereocenters. The summed E-state index contributed by atoms with van der Waals surface area (Å²) in [5, 5.41) is 3.09. The summed E-state index contributed by atoms with van der Waals surface area (Å²) < 4.78 is 0. The predicted molar refractivity (Wildman–Crippen MR) is 78.8 cm³/mol. The van der Waals surface area contributed by atoms with Crippen molar-refractivity contribution in [2.45, 2.75) is 59.4 Å². The van der Waals surface area contributed by atoms with Gasteiger partial charge < -0.3 is 11.1 Å². The standard InChI is InChI=1S/C14H28N2O.ClH/c1-10(2)8-14(6-5-7-14)9-16-13(17)11(3)12(4)15;/h10-12H,5-9,15H2,1-4H3,(H,16,17);1H. The highest BCUT2D eigenvalue weighted by atomic mass is 35.5. The van der Waals surface area contributed by atoms with E-state index in [9.17, 15) is 4.79 Å². The second kappa shape index (κ2) is 7.34. The van der Waals surface area contributed by atoms with E-state index in [0.717, 1.165) is 6.54 Å². The Morgan fingerprint density at radius 1 is 1.28 bits per heavy atom. The van der Waals surface area contributed by atoms with Crippen LogP contribution in [-0.2, 0) is 4.79 Å². The van der Waals surface area contributed by atoms with Crippen molar-refractivity contribution >= 4 is 18.3 Å². The molecule has 1 rings (SSSR count). The Morgan fingerprint density at radius 2 is 1.83 bits per heavy atom. The van der Waals surface area contributed by atoms with Crippen LogP contribution in [0.25, 0.3) is 0 Å². The number of halogens is 1. The number of carbonyl (C=O) groups excluding carboxylic acids is 1. The maximum Gasteiger partial charge on any atom is 0.224 e. The molecule has 0 aromatic rings. The molecule has 18 heavy (non-hydrogen) atoms. The topological polar surface area (TPSA) is 55.1 Å². The molecule has 1 fully saturated rings. The lowest BCUT2D eigenvalue weighted by Gasteiger charge is -2.43. The van der Waals surface area contributed by atoms with Gasteiger partial charge in [0.25, 0.3) is 0 Å². The van der Waals surface area contributed by atoms with Crippen LogP contribution < -0.4 is 11.1 Å². The van der Waals surface area contributed by atoms with Gasteiger partial charge in [-0.1, -0.05) is 27.2 Å². The molecule has 0 aromatic heterocycles. The van der Waals surface area contributed by atoms with Crippen LogP contribution >= 0.6 is 12.4 Å². The van der Waals surface area contributed by atoms with Gasteiger partial charge in [0, 0.05) is 18.5 Å². The second-order valence-electron chi connectivity index (χ2n) is 6.32. The first-order valence-electron chi connectivity index (χ1n) is 6.89. The number of hydrogen-bond donors (Lipinski definition) is 2. The molecule has 1 saturated carbocycles. The summed E-state index contributed by atoms with van der Waals surface area (Å²) in [5.41, 5.74) is 6.12. The van der Waals surface area contributed by atoms with Crippen molar-refractivity contribution in [2.75, 3.05) is 6.54 Å². The quantitative estimate of drug-likeness (QED) is 0.784. The number of nitrogens with two attached hydrogens (primary N) is 1. The molecule has 3 N–H and O–H groups in total. The van der Waals surface area contributed by atoms with E-state index < -0.39 is 0 Å². The van der Waals surface area contributed by atoms with Gasteiger partial charge in [-0.05, 0) is 37.5 Å². The molecule has 0 saturated heterocycles. The molecular weight excluding hydrogens is 248 g/mol. The molecule has 0 aromatic carbocycles. The van der Waals surface area contributed by atoms with Crippen molar-refractivity contribution in [1.82, 2.24) is 5.32 Å². The highest BCUT2D eigenvalue weighted by molar-refractivity contribution is 5.85. The Labute approximate surface area is 118 Å². The van der Waals surface area contributed by atoms with Crippen LogP contribution in [0.5, 0.6) is 0 Å². The largest absolute Gasteiger partial charge is 0.355 e. The molecule has 1 aliphatic carbocycles. The average Bonchev–Trinajstić information content (AvgIpc) is 2.19. The van der Waals surface area contributed by atoms with Crippen LogP contribution in [0.4, 0.5) is 0 Å². The van der Waals surface area contributed by atoms with Crippen LogP contribution in [0.3, 0.4) is 0 Å². The normalized spacial score (nSPS) is 20.6. The third-order valence-corrected chi connectivity index (χ3v) is 4.10. The number of amides is 1. The predicted octanol–water partition coefficient (Wildman–Crippen LogP) is 2.72. The molecule has 0 bridgehead atoms. The molecule has 1 amide bonds. The summed E-state index contributed by atoms with van der Waals surface area (Å²) in [6.07, 6.45) is 5.06. The Balaban J connectivity index is 0.00000289. The van der Waals surface area contributed by atoms with Crippen LogP contribution in [0, 0.1) is 17.3 Å². The minimum atomic E-state index is -0.0915. The fraction of sp³-hybridized carbons (Fsp3) is 0.929. The molecule has 0 heterocycles. The van der Waals surface area contributed by atoms with E-state index in [0.29, 0.717) is 11.3 Å². The molecule has 108 valence electrons. The van der Waals surface area contributed by atoms with Crippen LogP contribution in [-0.4, -0.2) is 18.5 Å². The fourth-order valence-corrected chi connectivity index (χ4v) is 2.67. The van der Waals surface area contributed by atoms with Gasteiger partial charge in [0.1, 0.15) is 0 Å². The molecule has 2 atom stereocenters. The van der Waals surface area contributed by atoms with Crippen molar-refractivity contribution in [2.24, 2.45) is 23.0 Å². The van der Waals surface area contributed by atoms with E-state index in [2.05, 4.69) is 19.2 Å². The van der Waals surface area contributed by atoms with Gasteiger partial charge in [0.05, 0.1) is 0 Å². The Hall–Kier alpha value is -0.280. The van der Waals surface area contributed by atoms with E-state index in [1.54, 1.807) is 0 Å². The van der Waals surface area contributed by atoms with Crippen molar-refractivity contribution in [3.05, 3.63) is 0 Å². The summed E-state index contributed by atoms with van der Waals surface area (Å²) in [5.74, 6) is 0.722.